The lowest BCUT2D eigenvalue weighted by Crippen LogP contribution is -2.46. The van der Waals surface area contributed by atoms with Gasteiger partial charge in [0, 0.05) is 6.54 Å². The molecule has 1 saturated heterocycles. The summed E-state index contributed by atoms with van der Waals surface area (Å²) in [6.45, 7) is 3.16. The molecule has 3 amide bonds. The fourth-order valence-electron chi connectivity index (χ4n) is 3.72. The molecule has 0 spiro atoms. The maximum Gasteiger partial charge on any atom is 0.329 e. The van der Waals surface area contributed by atoms with E-state index in [1.807, 2.05) is 24.3 Å². The summed E-state index contributed by atoms with van der Waals surface area (Å²) in [6, 6.07) is 6.12. The summed E-state index contributed by atoms with van der Waals surface area (Å²) in [5, 5.41) is 2.70. The van der Waals surface area contributed by atoms with Crippen molar-refractivity contribution >= 4 is 23.7 Å². The molecule has 0 bridgehead atoms. The minimum atomic E-state index is -1.08. The van der Waals surface area contributed by atoms with Gasteiger partial charge in [0.15, 0.2) is 6.10 Å². The minimum Gasteiger partial charge on any atom is -0.497 e. The van der Waals surface area contributed by atoms with Crippen molar-refractivity contribution in [1.82, 2.24) is 10.2 Å². The molecule has 3 rings (SSSR count). The van der Waals surface area contributed by atoms with Crippen molar-refractivity contribution < 1.29 is 28.7 Å². The lowest BCUT2D eigenvalue weighted by atomic mass is 9.85. The molecule has 1 heterocycles. The first-order valence-electron chi connectivity index (χ1n) is 9.96. The van der Waals surface area contributed by atoms with E-state index in [0.717, 1.165) is 10.5 Å². The topological polar surface area (TPSA) is 102 Å². The van der Waals surface area contributed by atoms with E-state index >= 15 is 0 Å². The highest BCUT2D eigenvalue weighted by Crippen LogP contribution is 2.36. The summed E-state index contributed by atoms with van der Waals surface area (Å²) < 4.78 is 10.3. The summed E-state index contributed by atoms with van der Waals surface area (Å²) in [6.07, 6.45) is 3.70. The molecule has 160 valence electrons. The number of imide groups is 1. The number of hydrogen-bond acceptors (Lipinski definition) is 6. The summed E-state index contributed by atoms with van der Waals surface area (Å²) in [5.41, 5.74) is 0.862. The number of hydrogen-bond donors (Lipinski definition) is 1. The fourth-order valence-corrected chi connectivity index (χ4v) is 3.72. The first-order valence-corrected chi connectivity index (χ1v) is 9.96. The predicted octanol–water partition coefficient (Wildman–Crippen LogP) is 1.58. The number of benzene rings is 1. The van der Waals surface area contributed by atoms with E-state index in [2.05, 4.69) is 5.32 Å². The van der Waals surface area contributed by atoms with Crippen LogP contribution in [0.25, 0.3) is 0 Å². The zero-order valence-corrected chi connectivity index (χ0v) is 17.3. The van der Waals surface area contributed by atoms with Gasteiger partial charge in [-0.15, -0.1) is 0 Å². The van der Waals surface area contributed by atoms with Crippen LogP contribution >= 0.6 is 0 Å². The van der Waals surface area contributed by atoms with Crippen LogP contribution in [0.3, 0.4) is 0 Å². The van der Waals surface area contributed by atoms with Gasteiger partial charge in [-0.05, 0) is 44.4 Å². The third-order valence-electron chi connectivity index (χ3n) is 5.56. The molecule has 1 N–H and O–H groups in total. The van der Waals surface area contributed by atoms with Crippen LogP contribution in [0, 0.1) is 11.8 Å². The summed E-state index contributed by atoms with van der Waals surface area (Å²) >= 11 is 0. The van der Waals surface area contributed by atoms with Gasteiger partial charge in [-0.1, -0.05) is 24.3 Å². The van der Waals surface area contributed by atoms with Crippen LogP contribution in [0.2, 0.25) is 0 Å². The Labute approximate surface area is 175 Å². The first kappa shape index (κ1) is 21.5. The Morgan fingerprint density at radius 2 is 1.63 bits per heavy atom. The monoisotopic (exact) mass is 414 g/mol. The number of fused-ring (bicyclic) bond motifs is 1. The highest BCUT2D eigenvalue weighted by atomic mass is 16.5. The Kier molecular flexibility index (Phi) is 6.54. The Morgan fingerprint density at radius 1 is 1.07 bits per heavy atom. The summed E-state index contributed by atoms with van der Waals surface area (Å²) in [7, 11) is 1.57. The van der Waals surface area contributed by atoms with Gasteiger partial charge < -0.3 is 14.8 Å². The number of nitrogens with zero attached hydrogens (tertiary/aromatic N) is 1. The van der Waals surface area contributed by atoms with Gasteiger partial charge in [0.2, 0.25) is 11.8 Å². The van der Waals surface area contributed by atoms with Crippen LogP contribution in [-0.4, -0.2) is 47.8 Å². The summed E-state index contributed by atoms with van der Waals surface area (Å²) in [4.78, 5) is 51.0. The molecule has 30 heavy (non-hydrogen) atoms. The van der Waals surface area contributed by atoms with Gasteiger partial charge in [0.05, 0.1) is 18.9 Å². The van der Waals surface area contributed by atoms with Gasteiger partial charge in [-0.3, -0.25) is 19.3 Å². The molecule has 0 aromatic heterocycles. The lowest BCUT2D eigenvalue weighted by Gasteiger charge is -2.23. The molecule has 0 saturated carbocycles. The largest absolute Gasteiger partial charge is 0.497 e. The molecular weight excluding hydrogens is 388 g/mol. The van der Waals surface area contributed by atoms with Crippen molar-refractivity contribution in [3.8, 4) is 5.75 Å². The van der Waals surface area contributed by atoms with Crippen LogP contribution in [0.5, 0.6) is 5.75 Å². The van der Waals surface area contributed by atoms with Crippen LogP contribution in [0.4, 0.5) is 0 Å². The Balaban J connectivity index is 1.53. The number of amides is 3. The van der Waals surface area contributed by atoms with Gasteiger partial charge in [0.25, 0.3) is 5.91 Å². The van der Waals surface area contributed by atoms with Gasteiger partial charge >= 0.3 is 5.97 Å². The number of likely N-dealkylation sites (tertiary alicyclic amines) is 1. The van der Waals surface area contributed by atoms with Crippen molar-refractivity contribution in [3.63, 3.8) is 0 Å². The summed E-state index contributed by atoms with van der Waals surface area (Å²) in [5.74, 6) is -2.07. The quantitative estimate of drug-likeness (QED) is 0.413. The molecule has 8 nitrogen and oxygen atoms in total. The van der Waals surface area contributed by atoms with E-state index < -0.39 is 35.9 Å². The van der Waals surface area contributed by atoms with E-state index in [1.54, 1.807) is 19.2 Å². The zero-order chi connectivity index (χ0) is 21.8. The molecule has 0 radical (unpaired) electrons. The predicted molar refractivity (Wildman–Crippen MR) is 107 cm³/mol. The van der Waals surface area contributed by atoms with Crippen molar-refractivity contribution in [1.29, 1.82) is 0 Å². The number of carbonyl (C=O) groups is 4. The fraction of sp³-hybridized carbons (Fsp3) is 0.455. The number of carbonyl (C=O) groups excluding carboxylic acids is 4. The maximum absolute atomic E-state index is 12.6. The van der Waals surface area contributed by atoms with Gasteiger partial charge in [0.1, 0.15) is 11.8 Å². The second-order valence-electron chi connectivity index (χ2n) is 7.52. The standard InChI is InChI=1S/C22H26N2O6/c1-13(24-20(26)17-6-4-5-7-18(17)21(24)27)22(28)30-14(2)19(25)23-12-15-8-10-16(29-3)11-9-15/h4-5,8-11,13-14,17-18H,6-7,12H2,1-3H3,(H,23,25)/t13-,14+,17-,18+/m0/s1. The Bertz CT molecular complexity index is 837. The van der Waals surface area contributed by atoms with Gasteiger partial charge in [-0.2, -0.15) is 0 Å². The van der Waals surface area contributed by atoms with E-state index in [1.165, 1.54) is 13.8 Å². The maximum atomic E-state index is 12.6. The van der Waals surface area contributed by atoms with Gasteiger partial charge in [-0.25, -0.2) is 4.79 Å². The third-order valence-corrected chi connectivity index (χ3v) is 5.56. The average Bonchev–Trinajstić information content (AvgIpc) is 3.02. The Morgan fingerprint density at radius 3 is 2.17 bits per heavy atom. The zero-order valence-electron chi connectivity index (χ0n) is 17.3. The molecule has 0 unspecified atom stereocenters. The van der Waals surface area contributed by atoms with E-state index in [4.69, 9.17) is 9.47 Å². The van der Waals surface area contributed by atoms with E-state index in [0.29, 0.717) is 18.6 Å². The SMILES string of the molecule is COc1ccc(CNC(=O)[C@@H](C)OC(=O)[C@H](C)N2C(=O)[C@H]3CC=CC[C@H]3C2=O)cc1. The van der Waals surface area contributed by atoms with Crippen LogP contribution in [-0.2, 0) is 30.5 Å². The molecular formula is C22H26N2O6. The van der Waals surface area contributed by atoms with Crippen molar-refractivity contribution in [2.45, 2.75) is 45.4 Å². The Hall–Kier alpha value is -3.16. The molecule has 2 aliphatic rings. The molecule has 4 atom stereocenters. The van der Waals surface area contributed by atoms with Crippen LogP contribution < -0.4 is 10.1 Å². The van der Waals surface area contributed by atoms with E-state index in [9.17, 15) is 19.2 Å². The number of methoxy groups -OCH3 is 1. The smallest absolute Gasteiger partial charge is 0.329 e. The number of esters is 1. The number of nitrogens with one attached hydrogen (secondary N) is 1. The molecule has 1 aromatic carbocycles. The third kappa shape index (κ3) is 4.37. The van der Waals surface area contributed by atoms with Crippen LogP contribution in [0.15, 0.2) is 36.4 Å². The minimum absolute atomic E-state index is 0.264. The lowest BCUT2D eigenvalue weighted by molar-refractivity contribution is -0.164. The molecule has 1 aliphatic carbocycles. The van der Waals surface area contributed by atoms with Crippen molar-refractivity contribution in [2.24, 2.45) is 11.8 Å². The second kappa shape index (κ2) is 9.11. The van der Waals surface area contributed by atoms with Crippen molar-refractivity contribution in [3.05, 3.63) is 42.0 Å². The molecule has 1 aromatic rings. The normalized spacial score (nSPS) is 22.3. The van der Waals surface area contributed by atoms with Crippen LogP contribution in [0.1, 0.15) is 32.3 Å². The number of allylic oxidation sites excluding steroid dienone is 2. The number of rotatable bonds is 7. The average molecular weight is 414 g/mol. The second-order valence-corrected chi connectivity index (χ2v) is 7.52. The highest BCUT2D eigenvalue weighted by Gasteiger charge is 2.50. The molecule has 1 aliphatic heterocycles. The highest BCUT2D eigenvalue weighted by molar-refractivity contribution is 6.08. The molecule has 1 fully saturated rings. The van der Waals surface area contributed by atoms with E-state index in [-0.39, 0.29) is 18.4 Å². The first-order chi connectivity index (χ1) is 14.3. The van der Waals surface area contributed by atoms with Crippen molar-refractivity contribution in [2.75, 3.05) is 7.11 Å². The molecule has 8 heteroatoms. The number of ether oxygens (including phenoxy) is 2.